The minimum Gasteiger partial charge on any atom is -0.507 e. The Bertz CT molecular complexity index is 1240. The molecule has 3 aromatic rings. The zero-order chi connectivity index (χ0) is 22.6. The van der Waals surface area contributed by atoms with E-state index >= 15 is 0 Å². The number of nitrogens with zero attached hydrogens (tertiary/aromatic N) is 4. The lowest BCUT2D eigenvalue weighted by Crippen LogP contribution is -2.60. The molecule has 0 unspecified atom stereocenters. The number of piperazine rings is 1. The van der Waals surface area contributed by atoms with Crippen LogP contribution in [0.4, 0.5) is 15.8 Å². The van der Waals surface area contributed by atoms with E-state index in [1.54, 1.807) is 12.1 Å². The number of likely N-dealkylation sites (N-methyl/N-ethyl adjacent to an activating group) is 1. The lowest BCUT2D eigenvalue weighted by Gasteiger charge is -2.48. The second-order valence-corrected chi connectivity index (χ2v) is 8.60. The highest BCUT2D eigenvalue weighted by Gasteiger charge is 2.36. The molecule has 2 aliphatic rings. The van der Waals surface area contributed by atoms with Crippen LogP contribution in [0.25, 0.3) is 22.0 Å². The van der Waals surface area contributed by atoms with Crippen molar-refractivity contribution in [2.45, 2.75) is 6.04 Å². The lowest BCUT2D eigenvalue weighted by atomic mass is 9.98. The summed E-state index contributed by atoms with van der Waals surface area (Å²) in [6.07, 6.45) is 3.17. The predicted octanol–water partition coefficient (Wildman–Crippen LogP) is 4.05. The number of aromatic nitrogens is 1. The Hall–Kier alpha value is -3.32. The van der Waals surface area contributed by atoms with E-state index in [0.717, 1.165) is 23.3 Å². The summed E-state index contributed by atoms with van der Waals surface area (Å²) >= 11 is 6.62. The van der Waals surface area contributed by atoms with Crippen molar-refractivity contribution < 1.29 is 14.3 Å². The van der Waals surface area contributed by atoms with Gasteiger partial charge in [0.25, 0.3) is 0 Å². The zero-order valence-electron chi connectivity index (χ0n) is 17.6. The van der Waals surface area contributed by atoms with Gasteiger partial charge < -0.3 is 19.8 Å². The summed E-state index contributed by atoms with van der Waals surface area (Å²) in [6.45, 7) is 6.25. The molecule has 6 nitrogen and oxygen atoms in total. The molecule has 164 valence electrons. The Balaban J connectivity index is 1.64. The topological polar surface area (TPSA) is 59.9 Å². The van der Waals surface area contributed by atoms with E-state index in [-0.39, 0.29) is 23.3 Å². The maximum absolute atomic E-state index is 14.5. The van der Waals surface area contributed by atoms with E-state index in [9.17, 15) is 14.3 Å². The van der Waals surface area contributed by atoms with Gasteiger partial charge in [-0.25, -0.2) is 4.39 Å². The Morgan fingerprint density at radius 2 is 2.12 bits per heavy atom. The van der Waals surface area contributed by atoms with Gasteiger partial charge in [-0.1, -0.05) is 24.2 Å². The van der Waals surface area contributed by atoms with Gasteiger partial charge in [0.1, 0.15) is 11.6 Å². The van der Waals surface area contributed by atoms with Crippen LogP contribution in [-0.4, -0.2) is 60.2 Å². The summed E-state index contributed by atoms with van der Waals surface area (Å²) in [6, 6.07) is 7.80. The van der Waals surface area contributed by atoms with Crippen molar-refractivity contribution >= 4 is 39.8 Å². The minimum atomic E-state index is -0.549. The first-order valence-electron chi connectivity index (χ1n) is 10.4. The van der Waals surface area contributed by atoms with Crippen molar-refractivity contribution in [3.63, 3.8) is 0 Å². The molecule has 1 saturated heterocycles. The molecule has 1 N–H and O–H groups in total. The van der Waals surface area contributed by atoms with Crippen molar-refractivity contribution in [3.05, 3.63) is 60.0 Å². The standard InChI is InChI=1S/C24H22ClFN4O2/c1-3-22(32)29-7-8-30-14(13-29)12-28(2)20-11-27-19-10-15(17(25)9-16(19)24(20)30)23-18(26)5-4-6-21(23)31/h3-6,9-11,14,31H,1,7-8,12-13H2,2H3/t14-/m0/s1. The lowest BCUT2D eigenvalue weighted by molar-refractivity contribution is -0.126. The van der Waals surface area contributed by atoms with Crippen LogP contribution < -0.4 is 9.80 Å². The Kier molecular flexibility index (Phi) is 4.93. The Labute approximate surface area is 190 Å². The number of aromatic hydroxyl groups is 1. The highest BCUT2D eigenvalue weighted by atomic mass is 35.5. The summed E-state index contributed by atoms with van der Waals surface area (Å²) < 4.78 is 14.5. The summed E-state index contributed by atoms with van der Waals surface area (Å²) in [5, 5.41) is 11.4. The fourth-order valence-corrected chi connectivity index (χ4v) is 5.05. The van der Waals surface area contributed by atoms with E-state index in [2.05, 4.69) is 21.4 Å². The van der Waals surface area contributed by atoms with Gasteiger partial charge in [-0.2, -0.15) is 0 Å². The van der Waals surface area contributed by atoms with Gasteiger partial charge in [0.2, 0.25) is 5.91 Å². The zero-order valence-corrected chi connectivity index (χ0v) is 18.3. The second-order valence-electron chi connectivity index (χ2n) is 8.19. The minimum absolute atomic E-state index is 0.0601. The third-order valence-electron chi connectivity index (χ3n) is 6.32. The molecule has 0 aliphatic carbocycles. The number of anilines is 2. The number of fused-ring (bicyclic) bond motifs is 5. The molecule has 1 amide bonds. The SMILES string of the molecule is C=CC(=O)N1CCN2c3c(cnc4cc(-c5c(O)cccc5F)c(Cl)cc34)N(C)C[C@H]2C1. The van der Waals surface area contributed by atoms with Crippen LogP contribution >= 0.6 is 11.6 Å². The molecule has 5 rings (SSSR count). The molecule has 1 fully saturated rings. The number of phenols is 1. The number of benzene rings is 2. The van der Waals surface area contributed by atoms with Crippen LogP contribution in [0.1, 0.15) is 0 Å². The third-order valence-corrected chi connectivity index (χ3v) is 6.63. The maximum Gasteiger partial charge on any atom is 0.246 e. The van der Waals surface area contributed by atoms with Gasteiger partial charge in [0, 0.05) is 49.2 Å². The normalized spacial score (nSPS) is 17.8. The van der Waals surface area contributed by atoms with E-state index < -0.39 is 5.82 Å². The van der Waals surface area contributed by atoms with Crippen molar-refractivity contribution in [3.8, 4) is 16.9 Å². The number of pyridine rings is 1. The number of amides is 1. The largest absolute Gasteiger partial charge is 0.507 e. The molecule has 0 radical (unpaired) electrons. The third kappa shape index (κ3) is 3.15. The van der Waals surface area contributed by atoms with E-state index in [1.165, 1.54) is 24.3 Å². The molecule has 32 heavy (non-hydrogen) atoms. The predicted molar refractivity (Wildman–Crippen MR) is 125 cm³/mol. The molecule has 1 aromatic heterocycles. The van der Waals surface area contributed by atoms with Crippen LogP contribution in [0.5, 0.6) is 5.75 Å². The van der Waals surface area contributed by atoms with Gasteiger partial charge in [0.05, 0.1) is 34.7 Å². The summed E-state index contributed by atoms with van der Waals surface area (Å²) in [5.41, 5.74) is 3.10. The van der Waals surface area contributed by atoms with E-state index in [0.29, 0.717) is 35.7 Å². The summed E-state index contributed by atoms with van der Waals surface area (Å²) in [7, 11) is 2.01. The number of halogens is 2. The maximum atomic E-state index is 14.5. The van der Waals surface area contributed by atoms with Crippen molar-refractivity contribution in [2.75, 3.05) is 43.0 Å². The average Bonchev–Trinajstić information content (AvgIpc) is 2.78. The molecule has 2 aromatic carbocycles. The number of carbonyl (C=O) groups is 1. The van der Waals surface area contributed by atoms with Gasteiger partial charge in [0.15, 0.2) is 0 Å². The van der Waals surface area contributed by atoms with Crippen LogP contribution in [0, 0.1) is 5.82 Å². The Morgan fingerprint density at radius 3 is 2.88 bits per heavy atom. The van der Waals surface area contributed by atoms with E-state index in [4.69, 9.17) is 11.6 Å². The molecular formula is C24H22ClFN4O2. The number of carbonyl (C=O) groups excluding carboxylic acids is 1. The molecule has 0 spiro atoms. The molecule has 8 heteroatoms. The van der Waals surface area contributed by atoms with Crippen LogP contribution in [-0.2, 0) is 4.79 Å². The first-order valence-corrected chi connectivity index (χ1v) is 10.8. The fraction of sp³-hybridized carbons (Fsp3) is 0.250. The van der Waals surface area contributed by atoms with Crippen LogP contribution in [0.2, 0.25) is 5.02 Å². The molecule has 1 atom stereocenters. The molecule has 0 bridgehead atoms. The van der Waals surface area contributed by atoms with Gasteiger partial charge in [-0.3, -0.25) is 9.78 Å². The van der Waals surface area contributed by atoms with Gasteiger partial charge in [-0.15, -0.1) is 0 Å². The quantitative estimate of drug-likeness (QED) is 0.594. The molecule has 2 aliphatic heterocycles. The van der Waals surface area contributed by atoms with Crippen molar-refractivity contribution in [1.29, 1.82) is 0 Å². The van der Waals surface area contributed by atoms with Crippen molar-refractivity contribution in [1.82, 2.24) is 9.88 Å². The molecule has 3 heterocycles. The van der Waals surface area contributed by atoms with Gasteiger partial charge in [-0.05, 0) is 30.3 Å². The van der Waals surface area contributed by atoms with Gasteiger partial charge >= 0.3 is 0 Å². The summed E-state index contributed by atoms with van der Waals surface area (Å²) in [4.78, 5) is 23.0. The number of hydrogen-bond acceptors (Lipinski definition) is 5. The van der Waals surface area contributed by atoms with Crippen LogP contribution in [0.3, 0.4) is 0 Å². The smallest absolute Gasteiger partial charge is 0.246 e. The first-order chi connectivity index (χ1) is 15.4. The Morgan fingerprint density at radius 1 is 1.31 bits per heavy atom. The number of phenolic OH excluding ortho intramolecular Hbond substituents is 1. The molecule has 0 saturated carbocycles. The van der Waals surface area contributed by atoms with Crippen LogP contribution in [0.15, 0.2) is 49.2 Å². The number of hydrogen-bond donors (Lipinski definition) is 1. The monoisotopic (exact) mass is 452 g/mol. The van der Waals surface area contributed by atoms with E-state index in [1.807, 2.05) is 18.1 Å². The fourth-order valence-electron chi connectivity index (χ4n) is 4.79. The van der Waals surface area contributed by atoms with Crippen molar-refractivity contribution in [2.24, 2.45) is 0 Å². The average molecular weight is 453 g/mol. The number of rotatable bonds is 2. The highest BCUT2D eigenvalue weighted by molar-refractivity contribution is 6.34. The summed E-state index contributed by atoms with van der Waals surface area (Å²) in [5.74, 6) is -0.783. The first kappa shape index (κ1) is 20.6. The second kappa shape index (κ2) is 7.67. The molecular weight excluding hydrogens is 431 g/mol. The highest BCUT2D eigenvalue weighted by Crippen LogP contribution is 2.44.